The van der Waals surface area contributed by atoms with Gasteiger partial charge >= 0.3 is 5.97 Å². The van der Waals surface area contributed by atoms with Crippen molar-refractivity contribution in [3.63, 3.8) is 0 Å². The van der Waals surface area contributed by atoms with E-state index in [9.17, 15) is 4.79 Å². The predicted octanol–water partition coefficient (Wildman–Crippen LogP) is 6.31. The van der Waals surface area contributed by atoms with Crippen LogP contribution in [0.3, 0.4) is 0 Å². The van der Waals surface area contributed by atoms with Gasteiger partial charge in [-0.1, -0.05) is 72.8 Å². The summed E-state index contributed by atoms with van der Waals surface area (Å²) in [6, 6.07) is 27.5. The third-order valence-electron chi connectivity index (χ3n) is 5.04. The van der Waals surface area contributed by atoms with Gasteiger partial charge in [-0.2, -0.15) is 0 Å². The molecule has 0 heterocycles. The number of methoxy groups -OCH3 is 1. The molecule has 0 aliphatic rings. The van der Waals surface area contributed by atoms with E-state index in [1.807, 2.05) is 61.5 Å². The number of aryl methyl sites for hydroxylation is 1. The molecule has 0 N–H and O–H groups in total. The summed E-state index contributed by atoms with van der Waals surface area (Å²) in [5, 5.41) is 2.39. The molecule has 0 aromatic heterocycles. The summed E-state index contributed by atoms with van der Waals surface area (Å²) < 4.78 is 16.4. The summed E-state index contributed by atoms with van der Waals surface area (Å²) in [6.07, 6.45) is 4.08. The average Bonchev–Trinajstić information content (AvgIpc) is 2.82. The lowest BCUT2D eigenvalue weighted by atomic mass is 10.0. The highest BCUT2D eigenvalue weighted by molar-refractivity contribution is 5.92. The molecule has 160 valence electrons. The number of hydrogen-bond acceptors (Lipinski definition) is 4. The number of fused-ring (bicyclic) bond motifs is 1. The Hall–Kier alpha value is -4.05. The quantitative estimate of drug-likeness (QED) is 0.198. The van der Waals surface area contributed by atoms with Crippen LogP contribution in [0.2, 0.25) is 0 Å². The van der Waals surface area contributed by atoms with Crippen molar-refractivity contribution in [3.05, 3.63) is 102 Å². The fraction of sp³-hybridized carbons (Fsp3) is 0.107. The second-order valence-electron chi connectivity index (χ2n) is 7.39. The van der Waals surface area contributed by atoms with Gasteiger partial charge in [0.25, 0.3) is 0 Å². The maximum Gasteiger partial charge on any atom is 0.349 e. The van der Waals surface area contributed by atoms with Crippen LogP contribution in [0.4, 0.5) is 0 Å². The molecular formula is C28H24O4. The number of rotatable bonds is 7. The van der Waals surface area contributed by atoms with E-state index in [0.29, 0.717) is 17.2 Å². The molecule has 4 rings (SSSR count). The van der Waals surface area contributed by atoms with Crippen molar-refractivity contribution in [2.45, 2.75) is 6.92 Å². The summed E-state index contributed by atoms with van der Waals surface area (Å²) in [4.78, 5) is 12.2. The zero-order chi connectivity index (χ0) is 22.3. The normalized spacial score (nSPS) is 10.9. The molecule has 0 atom stereocenters. The Kier molecular flexibility index (Phi) is 6.52. The summed E-state index contributed by atoms with van der Waals surface area (Å²) >= 11 is 0. The minimum atomic E-state index is -0.496. The van der Waals surface area contributed by atoms with Crippen LogP contribution < -0.4 is 14.2 Å². The van der Waals surface area contributed by atoms with Gasteiger partial charge in [0.05, 0.1) is 7.11 Å². The highest BCUT2D eigenvalue weighted by Crippen LogP contribution is 2.29. The molecule has 4 aromatic rings. The van der Waals surface area contributed by atoms with Crippen LogP contribution in [-0.2, 0) is 4.79 Å². The molecule has 0 aliphatic carbocycles. The molecule has 4 nitrogen and oxygen atoms in total. The first-order valence-corrected chi connectivity index (χ1v) is 10.4. The zero-order valence-corrected chi connectivity index (χ0v) is 18.1. The van der Waals surface area contributed by atoms with Crippen LogP contribution in [0.25, 0.3) is 22.9 Å². The van der Waals surface area contributed by atoms with Gasteiger partial charge in [-0.25, -0.2) is 4.79 Å². The predicted molar refractivity (Wildman–Crippen MR) is 128 cm³/mol. The third-order valence-corrected chi connectivity index (χ3v) is 5.04. The number of hydrogen-bond donors (Lipinski definition) is 0. The van der Waals surface area contributed by atoms with Gasteiger partial charge in [0, 0.05) is 0 Å². The highest BCUT2D eigenvalue weighted by Gasteiger charge is 2.11. The molecular weight excluding hydrogens is 400 g/mol. The molecule has 0 bridgehead atoms. The van der Waals surface area contributed by atoms with Gasteiger partial charge < -0.3 is 14.2 Å². The standard InChI is InChI=1S/C28H24O4/c1-20-7-5-11-24(17-20)31-19-28(29)32-26-16-14-21(18-27(26)30-2)13-15-23-10-6-9-22-8-3-4-12-25(22)23/h3-18H,19H2,1-2H3. The molecule has 32 heavy (non-hydrogen) atoms. The lowest BCUT2D eigenvalue weighted by Crippen LogP contribution is -2.18. The first-order chi connectivity index (χ1) is 15.6. The van der Waals surface area contributed by atoms with Crippen molar-refractivity contribution in [3.8, 4) is 17.2 Å². The minimum absolute atomic E-state index is 0.185. The molecule has 0 saturated heterocycles. The Balaban J connectivity index is 1.45. The van der Waals surface area contributed by atoms with Crippen LogP contribution in [0, 0.1) is 6.92 Å². The van der Waals surface area contributed by atoms with Gasteiger partial charge in [0.2, 0.25) is 0 Å². The van der Waals surface area contributed by atoms with Crippen LogP contribution in [0.1, 0.15) is 16.7 Å². The van der Waals surface area contributed by atoms with Crippen LogP contribution in [0.15, 0.2) is 84.9 Å². The number of benzene rings is 4. The van der Waals surface area contributed by atoms with Crippen molar-refractivity contribution in [2.75, 3.05) is 13.7 Å². The van der Waals surface area contributed by atoms with E-state index in [1.165, 1.54) is 10.8 Å². The van der Waals surface area contributed by atoms with Crippen molar-refractivity contribution in [1.29, 1.82) is 0 Å². The van der Waals surface area contributed by atoms with Crippen LogP contribution in [-0.4, -0.2) is 19.7 Å². The van der Waals surface area contributed by atoms with Crippen LogP contribution in [0.5, 0.6) is 17.2 Å². The lowest BCUT2D eigenvalue weighted by molar-refractivity contribution is -0.136. The van der Waals surface area contributed by atoms with E-state index >= 15 is 0 Å². The number of esters is 1. The largest absolute Gasteiger partial charge is 0.493 e. The fourth-order valence-corrected chi connectivity index (χ4v) is 3.45. The molecule has 4 heteroatoms. The molecule has 0 saturated carbocycles. The maximum atomic E-state index is 12.2. The van der Waals surface area contributed by atoms with E-state index in [1.54, 1.807) is 19.2 Å². The molecule has 4 aromatic carbocycles. The third kappa shape index (κ3) is 5.16. The topological polar surface area (TPSA) is 44.8 Å². The smallest absolute Gasteiger partial charge is 0.349 e. The average molecular weight is 424 g/mol. The summed E-state index contributed by atoms with van der Waals surface area (Å²) in [5.41, 5.74) is 3.13. The Morgan fingerprint density at radius 1 is 0.844 bits per heavy atom. The van der Waals surface area contributed by atoms with Crippen molar-refractivity contribution >= 4 is 28.9 Å². The number of carbonyl (C=O) groups is 1. The van der Waals surface area contributed by atoms with E-state index in [-0.39, 0.29) is 6.61 Å². The Bertz CT molecular complexity index is 1270. The Labute approximate surface area is 187 Å². The van der Waals surface area contributed by atoms with Gasteiger partial charge in [0.1, 0.15) is 5.75 Å². The second-order valence-corrected chi connectivity index (χ2v) is 7.39. The maximum absolute atomic E-state index is 12.2. The van der Waals surface area contributed by atoms with Crippen molar-refractivity contribution < 1.29 is 19.0 Å². The Morgan fingerprint density at radius 3 is 2.50 bits per heavy atom. The van der Waals surface area contributed by atoms with Gasteiger partial charge in [-0.05, 0) is 58.7 Å². The lowest BCUT2D eigenvalue weighted by Gasteiger charge is -2.11. The zero-order valence-electron chi connectivity index (χ0n) is 18.1. The van der Waals surface area contributed by atoms with Gasteiger partial charge in [-0.15, -0.1) is 0 Å². The van der Waals surface area contributed by atoms with Crippen molar-refractivity contribution in [2.24, 2.45) is 0 Å². The molecule has 0 spiro atoms. The SMILES string of the molecule is COc1cc(C=Cc2cccc3ccccc23)ccc1OC(=O)COc1cccc(C)c1. The number of ether oxygens (including phenoxy) is 3. The molecule has 0 amide bonds. The molecule has 0 unspecified atom stereocenters. The van der Waals surface area contributed by atoms with E-state index in [4.69, 9.17) is 14.2 Å². The summed E-state index contributed by atoms with van der Waals surface area (Å²) in [7, 11) is 1.55. The second kappa shape index (κ2) is 9.84. The molecule has 0 fully saturated rings. The highest BCUT2D eigenvalue weighted by atomic mass is 16.6. The molecule has 0 aliphatic heterocycles. The van der Waals surface area contributed by atoms with E-state index in [0.717, 1.165) is 16.7 Å². The first-order valence-electron chi connectivity index (χ1n) is 10.4. The minimum Gasteiger partial charge on any atom is -0.493 e. The monoisotopic (exact) mass is 424 g/mol. The first kappa shape index (κ1) is 21.2. The fourth-order valence-electron chi connectivity index (χ4n) is 3.45. The van der Waals surface area contributed by atoms with Crippen molar-refractivity contribution in [1.82, 2.24) is 0 Å². The van der Waals surface area contributed by atoms with Gasteiger partial charge in [-0.3, -0.25) is 0 Å². The number of carbonyl (C=O) groups excluding carboxylic acids is 1. The molecule has 0 radical (unpaired) electrons. The van der Waals surface area contributed by atoms with Gasteiger partial charge in [0.15, 0.2) is 18.1 Å². The van der Waals surface area contributed by atoms with E-state index in [2.05, 4.69) is 30.3 Å². The summed E-state index contributed by atoms with van der Waals surface area (Å²) in [6.45, 7) is 1.78. The van der Waals surface area contributed by atoms with E-state index < -0.39 is 5.97 Å². The summed E-state index contributed by atoms with van der Waals surface area (Å²) in [5.74, 6) is 0.966. The van der Waals surface area contributed by atoms with Crippen LogP contribution >= 0.6 is 0 Å². The Morgan fingerprint density at radius 2 is 1.66 bits per heavy atom.